The van der Waals surface area contributed by atoms with Gasteiger partial charge in [-0.25, -0.2) is 4.79 Å². The summed E-state index contributed by atoms with van der Waals surface area (Å²) in [6, 6.07) is 39.7. The fourth-order valence-corrected chi connectivity index (χ4v) is 9.79. The lowest BCUT2D eigenvalue weighted by Crippen LogP contribution is -2.37. The van der Waals surface area contributed by atoms with Crippen molar-refractivity contribution >= 4 is 40.9 Å². The molecule has 0 unspecified atom stereocenters. The van der Waals surface area contributed by atoms with Gasteiger partial charge in [-0.3, -0.25) is 0 Å². The smallest absolute Gasteiger partial charge is 0.377 e. The molecule has 0 saturated carbocycles. The Morgan fingerprint density at radius 1 is 0.750 bits per heavy atom. The number of benzene rings is 4. The molecule has 0 aliphatic rings. The van der Waals surface area contributed by atoms with Crippen LogP contribution in [-0.4, -0.2) is 24.4 Å². The number of hydrogen-bond donors (Lipinski definition) is 2. The molecule has 182 valence electrons. The molecule has 0 aromatic heterocycles. The van der Waals surface area contributed by atoms with Crippen LogP contribution in [0.25, 0.3) is 0 Å². The van der Waals surface area contributed by atoms with E-state index in [1.165, 1.54) is 18.9 Å². The summed E-state index contributed by atoms with van der Waals surface area (Å²) in [5.41, 5.74) is 0.705. The minimum atomic E-state index is -2.75. The van der Waals surface area contributed by atoms with Crippen molar-refractivity contribution in [1.29, 1.82) is 0 Å². The van der Waals surface area contributed by atoms with Crippen LogP contribution in [0.2, 0.25) is 0 Å². The maximum atomic E-state index is 13.8. The number of esters is 1. The molecule has 0 aliphatic carbocycles. The van der Waals surface area contributed by atoms with Gasteiger partial charge in [-0.15, -0.1) is 11.8 Å². The van der Waals surface area contributed by atoms with Gasteiger partial charge >= 0.3 is 5.97 Å². The molecule has 4 rings (SSSR count). The van der Waals surface area contributed by atoms with E-state index in [1.807, 2.05) is 91.2 Å². The summed E-state index contributed by atoms with van der Waals surface area (Å²) < 4.78 is 5.45. The number of aliphatic hydroxyl groups is 1. The van der Waals surface area contributed by atoms with Gasteiger partial charge in [0.1, 0.15) is 20.9 Å². The highest BCUT2D eigenvalue weighted by Crippen LogP contribution is 2.64. The molecule has 0 heterocycles. The Labute approximate surface area is 217 Å². The number of carbonyl (C=O) groups is 1. The lowest BCUT2D eigenvalue weighted by molar-refractivity contribution is -0.135. The second-order valence-electron chi connectivity index (χ2n) is 8.01. The molecule has 0 radical (unpaired) electrons. The Hall–Kier alpha value is -3.37. The van der Waals surface area contributed by atoms with E-state index in [9.17, 15) is 9.90 Å². The minimum Gasteiger partial charge on any atom is -0.463 e. The third-order valence-corrected chi connectivity index (χ3v) is 11.1. The van der Waals surface area contributed by atoms with E-state index in [-0.39, 0.29) is 0 Å². The highest BCUT2D eigenvalue weighted by Gasteiger charge is 2.55. The molecule has 0 amide bonds. The quantitative estimate of drug-likeness (QED) is 0.143. The molecule has 0 fully saturated rings. The minimum absolute atomic E-state index is 0.433. The molecule has 2 N–H and O–H groups in total. The summed E-state index contributed by atoms with van der Waals surface area (Å²) in [5, 5.41) is 18.5. The van der Waals surface area contributed by atoms with Gasteiger partial charge in [0.2, 0.25) is 5.31 Å². The number of methoxy groups -OCH3 is 1. The van der Waals surface area contributed by atoms with Gasteiger partial charge in [0.25, 0.3) is 0 Å². The first kappa shape index (κ1) is 25.7. The first-order chi connectivity index (χ1) is 17.6. The fraction of sp³-hybridized carbons (Fsp3) is 0.100. The molecule has 0 saturated heterocycles. The van der Waals surface area contributed by atoms with E-state index < -0.39 is 19.5 Å². The van der Waals surface area contributed by atoms with Crippen molar-refractivity contribution in [2.45, 2.75) is 6.23 Å². The molecule has 0 bridgehead atoms. The monoisotopic (exact) mass is 514 g/mol. The van der Waals surface area contributed by atoms with Crippen molar-refractivity contribution in [3.05, 3.63) is 137 Å². The first-order valence-corrected chi connectivity index (χ1v) is 14.6. The highest BCUT2D eigenvalue weighted by molar-refractivity contribution is 8.04. The molecular formula is C30H29NO3PS+. The van der Waals surface area contributed by atoms with Crippen LogP contribution in [0, 0.1) is 0 Å². The largest absolute Gasteiger partial charge is 0.463 e. The van der Waals surface area contributed by atoms with Gasteiger partial charge in [0, 0.05) is 5.56 Å². The fourth-order valence-electron chi connectivity index (χ4n) is 4.33. The van der Waals surface area contributed by atoms with E-state index in [2.05, 4.69) is 41.7 Å². The van der Waals surface area contributed by atoms with Gasteiger partial charge in [-0.1, -0.05) is 84.9 Å². The van der Waals surface area contributed by atoms with Crippen LogP contribution in [0.5, 0.6) is 0 Å². The molecule has 4 aromatic rings. The van der Waals surface area contributed by atoms with Gasteiger partial charge in [-0.2, -0.15) is 0 Å². The van der Waals surface area contributed by atoms with Crippen LogP contribution in [0.1, 0.15) is 11.8 Å². The van der Waals surface area contributed by atoms with E-state index in [4.69, 9.17) is 4.74 Å². The number of thioether (sulfide) groups is 1. The molecule has 36 heavy (non-hydrogen) atoms. The predicted octanol–water partition coefficient (Wildman–Crippen LogP) is 4.97. The van der Waals surface area contributed by atoms with Crippen LogP contribution in [0.4, 0.5) is 0 Å². The number of aliphatic hydroxyl groups excluding tert-OH is 1. The lowest BCUT2D eigenvalue weighted by atomic mass is 10.2. The molecule has 6 heteroatoms. The zero-order chi connectivity index (χ0) is 25.4. The Morgan fingerprint density at radius 3 is 1.50 bits per heavy atom. The van der Waals surface area contributed by atoms with E-state index >= 15 is 0 Å². The maximum Gasteiger partial charge on any atom is 0.377 e. The molecule has 1 atom stereocenters. The average Bonchev–Trinajstić information content (AvgIpc) is 2.96. The Kier molecular flexibility index (Phi) is 8.61. The zero-order valence-electron chi connectivity index (χ0n) is 20.2. The van der Waals surface area contributed by atoms with Crippen molar-refractivity contribution in [2.75, 3.05) is 13.4 Å². The molecule has 4 nitrogen and oxygen atoms in total. The van der Waals surface area contributed by atoms with Crippen LogP contribution < -0.4 is 21.2 Å². The number of carbonyl (C=O) groups excluding carboxylic acids is 1. The van der Waals surface area contributed by atoms with E-state index in [0.29, 0.717) is 15.9 Å². The Balaban J connectivity index is 2.09. The van der Waals surface area contributed by atoms with Crippen molar-refractivity contribution < 1.29 is 14.6 Å². The van der Waals surface area contributed by atoms with Crippen molar-refractivity contribution in [1.82, 2.24) is 5.32 Å². The predicted molar refractivity (Wildman–Crippen MR) is 152 cm³/mol. The SMILES string of the molecule is COC(=O)/C(=C(\N[C@@H](O)c1ccccc1)SC)[P+](c1ccccc1)(c1ccccc1)c1ccccc1. The summed E-state index contributed by atoms with van der Waals surface area (Å²) in [6.07, 6.45) is 0.899. The standard InChI is InChI=1S/C30H28NO3PS/c1-34-30(33)27(29(36-2)31-28(32)23-15-7-3-8-16-23)35(24-17-9-4-10-18-24,25-19-11-5-12-20-25)26-21-13-6-14-22-26/h3-22,28,32H,1-2H3/p+1/t28-/m0/s1. The first-order valence-electron chi connectivity index (χ1n) is 11.6. The number of hydrogen-bond acceptors (Lipinski definition) is 5. The summed E-state index contributed by atoms with van der Waals surface area (Å²) in [4.78, 5) is 13.8. The average molecular weight is 515 g/mol. The van der Waals surface area contributed by atoms with Crippen LogP contribution >= 0.6 is 19.0 Å². The van der Waals surface area contributed by atoms with E-state index in [0.717, 1.165) is 15.9 Å². The lowest BCUT2D eigenvalue weighted by Gasteiger charge is -2.30. The van der Waals surface area contributed by atoms with Crippen molar-refractivity contribution in [2.24, 2.45) is 0 Å². The topological polar surface area (TPSA) is 58.6 Å². The van der Waals surface area contributed by atoms with Crippen LogP contribution in [0.15, 0.2) is 132 Å². The third kappa shape index (κ3) is 5.10. The molecular weight excluding hydrogens is 485 g/mol. The number of rotatable bonds is 9. The summed E-state index contributed by atoms with van der Waals surface area (Å²) in [7, 11) is -1.34. The maximum absolute atomic E-state index is 13.8. The normalized spacial score (nSPS) is 12.9. The van der Waals surface area contributed by atoms with E-state index in [1.54, 1.807) is 0 Å². The van der Waals surface area contributed by atoms with Gasteiger partial charge in [0.05, 0.1) is 7.11 Å². The third-order valence-electron chi connectivity index (χ3n) is 5.95. The molecule has 4 aromatic carbocycles. The summed E-state index contributed by atoms with van der Waals surface area (Å²) in [5.74, 6) is -0.433. The van der Waals surface area contributed by atoms with Crippen LogP contribution in [-0.2, 0) is 9.53 Å². The second-order valence-corrected chi connectivity index (χ2v) is 12.2. The van der Waals surface area contributed by atoms with Crippen molar-refractivity contribution in [3.8, 4) is 0 Å². The molecule has 0 spiro atoms. The number of nitrogens with one attached hydrogen (secondary N) is 1. The van der Waals surface area contributed by atoms with Crippen LogP contribution in [0.3, 0.4) is 0 Å². The number of ether oxygens (including phenoxy) is 1. The van der Waals surface area contributed by atoms with Gasteiger partial charge in [0.15, 0.2) is 13.5 Å². The zero-order valence-corrected chi connectivity index (χ0v) is 22.0. The highest BCUT2D eigenvalue weighted by atomic mass is 32.2. The Bertz CT molecular complexity index is 1200. The Morgan fingerprint density at radius 2 is 1.14 bits per heavy atom. The van der Waals surface area contributed by atoms with Gasteiger partial charge in [-0.05, 0) is 42.7 Å². The van der Waals surface area contributed by atoms with Crippen molar-refractivity contribution in [3.63, 3.8) is 0 Å². The molecule has 0 aliphatic heterocycles. The van der Waals surface area contributed by atoms with Gasteiger partial charge < -0.3 is 15.2 Å². The summed E-state index contributed by atoms with van der Waals surface area (Å²) >= 11 is 1.39. The summed E-state index contributed by atoms with van der Waals surface area (Å²) in [6.45, 7) is 0. The second kappa shape index (κ2) is 12.0.